The monoisotopic (exact) mass is 208 g/mol. The Morgan fingerprint density at radius 1 is 1.33 bits per heavy atom. The largest absolute Gasteiger partial charge is 0.422 e. The van der Waals surface area contributed by atoms with Gasteiger partial charge in [-0.15, -0.1) is 0 Å². The summed E-state index contributed by atoms with van der Waals surface area (Å²) in [6.45, 7) is 1.95. The zero-order valence-corrected chi connectivity index (χ0v) is 8.49. The molecule has 0 aromatic heterocycles. The first-order valence-corrected chi connectivity index (χ1v) is 4.82. The van der Waals surface area contributed by atoms with Gasteiger partial charge in [-0.2, -0.15) is 0 Å². The van der Waals surface area contributed by atoms with Gasteiger partial charge in [0.1, 0.15) is 0 Å². The molecule has 0 spiro atoms. The molecule has 0 amide bonds. The molecule has 4 nitrogen and oxygen atoms in total. The van der Waals surface area contributed by atoms with Gasteiger partial charge in [0.25, 0.3) is 0 Å². The molecular weight excluding hydrogens is 196 g/mol. The van der Waals surface area contributed by atoms with Gasteiger partial charge in [0.05, 0.1) is 0 Å². The summed E-state index contributed by atoms with van der Waals surface area (Å²) in [5, 5.41) is 0. The van der Waals surface area contributed by atoms with Crippen molar-refractivity contribution < 1.29 is 19.1 Å². The van der Waals surface area contributed by atoms with Gasteiger partial charge in [-0.1, -0.05) is 13.3 Å². The van der Waals surface area contributed by atoms with Crippen LogP contribution in [0, 0.1) is 0 Å². The van der Waals surface area contributed by atoms with Crippen LogP contribution in [0.4, 0.5) is 0 Å². The lowest BCUT2D eigenvalue weighted by atomic mass is 10.1. The van der Waals surface area contributed by atoms with E-state index in [9.17, 15) is 14.4 Å². The smallest absolute Gasteiger partial charge is 0.311 e. The average Bonchev–Trinajstić information content (AvgIpc) is 2.20. The van der Waals surface area contributed by atoms with Crippen LogP contribution >= 0.6 is 0 Å². The lowest BCUT2D eigenvalue weighted by molar-refractivity contribution is -0.142. The van der Waals surface area contributed by atoms with Gasteiger partial charge in [-0.3, -0.25) is 14.4 Å². The molecule has 4 heteroatoms. The van der Waals surface area contributed by atoms with E-state index < -0.39 is 11.8 Å². The Bertz CT molecular complexity index is 350. The third-order valence-corrected chi connectivity index (χ3v) is 1.87. The highest BCUT2D eigenvalue weighted by molar-refractivity contribution is 6.16. The van der Waals surface area contributed by atoms with Crippen LogP contribution in [0.3, 0.4) is 0 Å². The van der Waals surface area contributed by atoms with E-state index in [0.29, 0.717) is 6.42 Å². The molecule has 0 saturated heterocycles. The van der Waals surface area contributed by atoms with E-state index in [1.807, 2.05) is 6.92 Å². The maximum absolute atomic E-state index is 11.2. The lowest BCUT2D eigenvalue weighted by Crippen LogP contribution is -2.14. The molecule has 0 radical (unpaired) electrons. The molecule has 1 aliphatic rings. The van der Waals surface area contributed by atoms with Crippen LogP contribution in [0.15, 0.2) is 24.0 Å². The minimum absolute atomic E-state index is 0.177. The first-order valence-electron chi connectivity index (χ1n) is 4.82. The highest BCUT2D eigenvalue weighted by Crippen LogP contribution is 2.09. The van der Waals surface area contributed by atoms with E-state index >= 15 is 0 Å². The number of rotatable bonds is 4. The predicted octanol–water partition coefficient (Wildman–Crippen LogP) is 1.31. The molecule has 0 saturated carbocycles. The number of ketones is 2. The summed E-state index contributed by atoms with van der Waals surface area (Å²) in [5.41, 5.74) is 0. The molecule has 0 aliphatic heterocycles. The Labute approximate surface area is 87.6 Å². The van der Waals surface area contributed by atoms with Crippen LogP contribution in [-0.4, -0.2) is 17.5 Å². The van der Waals surface area contributed by atoms with Crippen LogP contribution < -0.4 is 0 Å². The Balaban J connectivity index is 2.54. The van der Waals surface area contributed by atoms with Crippen molar-refractivity contribution in [2.75, 3.05) is 0 Å². The topological polar surface area (TPSA) is 60.4 Å². The Morgan fingerprint density at radius 3 is 2.73 bits per heavy atom. The second-order valence-corrected chi connectivity index (χ2v) is 3.19. The number of carbonyl (C=O) groups is 3. The van der Waals surface area contributed by atoms with Crippen LogP contribution in [0.5, 0.6) is 0 Å². The second-order valence-electron chi connectivity index (χ2n) is 3.19. The first kappa shape index (κ1) is 11.4. The third kappa shape index (κ3) is 3.50. The Hall–Kier alpha value is -1.71. The molecule has 0 unspecified atom stereocenters. The van der Waals surface area contributed by atoms with Crippen molar-refractivity contribution in [3.8, 4) is 0 Å². The molecule has 0 bridgehead atoms. The second kappa shape index (κ2) is 5.24. The van der Waals surface area contributed by atoms with Crippen LogP contribution in [0.25, 0.3) is 0 Å². The van der Waals surface area contributed by atoms with E-state index in [1.54, 1.807) is 0 Å². The molecular formula is C11H12O4. The minimum Gasteiger partial charge on any atom is -0.422 e. The number of allylic oxidation sites excluding steroid dienone is 3. The predicted molar refractivity (Wildman–Crippen MR) is 52.9 cm³/mol. The summed E-state index contributed by atoms with van der Waals surface area (Å²) >= 11 is 0. The summed E-state index contributed by atoms with van der Waals surface area (Å²) < 4.78 is 4.78. The maximum Gasteiger partial charge on any atom is 0.311 e. The number of ether oxygens (including phenoxy) is 1. The average molecular weight is 208 g/mol. The molecule has 0 aromatic carbocycles. The van der Waals surface area contributed by atoms with Crippen molar-refractivity contribution in [2.45, 2.75) is 26.2 Å². The fraction of sp³-hybridized carbons (Fsp3) is 0.364. The molecule has 1 aliphatic carbocycles. The molecule has 1 rings (SSSR count). The van der Waals surface area contributed by atoms with Crippen molar-refractivity contribution >= 4 is 17.5 Å². The van der Waals surface area contributed by atoms with Crippen molar-refractivity contribution in [3.05, 3.63) is 24.0 Å². The molecule has 0 heterocycles. The number of hydrogen-bond acceptors (Lipinski definition) is 4. The van der Waals surface area contributed by atoms with Gasteiger partial charge in [-0.25, -0.2) is 0 Å². The molecule has 0 fully saturated rings. The molecule has 0 atom stereocenters. The van der Waals surface area contributed by atoms with E-state index in [4.69, 9.17) is 4.74 Å². The van der Waals surface area contributed by atoms with E-state index in [-0.39, 0.29) is 18.0 Å². The van der Waals surface area contributed by atoms with Gasteiger partial charge in [0, 0.05) is 12.5 Å². The SMILES string of the molecule is CCCCC(=O)OC1=CC(=O)C=CC1=O. The van der Waals surface area contributed by atoms with E-state index in [2.05, 4.69) is 0 Å². The summed E-state index contributed by atoms with van der Waals surface area (Å²) in [4.78, 5) is 33.2. The van der Waals surface area contributed by atoms with Crippen molar-refractivity contribution in [2.24, 2.45) is 0 Å². The fourth-order valence-electron chi connectivity index (χ4n) is 1.06. The summed E-state index contributed by atoms with van der Waals surface area (Å²) in [5.74, 6) is -1.43. The first-order chi connectivity index (χ1) is 7.13. The number of hydrogen-bond donors (Lipinski definition) is 0. The maximum atomic E-state index is 11.2. The van der Waals surface area contributed by atoms with Crippen molar-refractivity contribution in [1.82, 2.24) is 0 Å². The van der Waals surface area contributed by atoms with Crippen LogP contribution in [0.1, 0.15) is 26.2 Å². The third-order valence-electron chi connectivity index (χ3n) is 1.87. The van der Waals surface area contributed by atoms with Crippen LogP contribution in [0.2, 0.25) is 0 Å². The number of carbonyl (C=O) groups excluding carboxylic acids is 3. The Kier molecular flexibility index (Phi) is 3.97. The van der Waals surface area contributed by atoms with E-state index in [1.165, 1.54) is 0 Å². The summed E-state index contributed by atoms with van der Waals surface area (Å²) in [7, 11) is 0. The van der Waals surface area contributed by atoms with Gasteiger partial charge in [0.15, 0.2) is 11.5 Å². The summed E-state index contributed by atoms with van der Waals surface area (Å²) in [6.07, 6.45) is 5.13. The van der Waals surface area contributed by atoms with Gasteiger partial charge in [0.2, 0.25) is 5.78 Å². The normalized spacial score (nSPS) is 15.1. The van der Waals surface area contributed by atoms with Gasteiger partial charge >= 0.3 is 5.97 Å². The van der Waals surface area contributed by atoms with Crippen LogP contribution in [-0.2, 0) is 19.1 Å². The fourth-order valence-corrected chi connectivity index (χ4v) is 1.06. The highest BCUT2D eigenvalue weighted by Gasteiger charge is 2.17. The highest BCUT2D eigenvalue weighted by atomic mass is 16.5. The van der Waals surface area contributed by atoms with Gasteiger partial charge < -0.3 is 4.74 Å². The molecule has 0 N–H and O–H groups in total. The molecule has 80 valence electrons. The Morgan fingerprint density at radius 2 is 2.07 bits per heavy atom. The minimum atomic E-state index is -0.473. The molecule has 0 aromatic rings. The number of unbranched alkanes of at least 4 members (excludes halogenated alkanes) is 1. The quantitative estimate of drug-likeness (QED) is 0.516. The number of esters is 1. The molecule has 15 heavy (non-hydrogen) atoms. The summed E-state index contributed by atoms with van der Waals surface area (Å²) in [6, 6.07) is 0. The zero-order chi connectivity index (χ0) is 11.3. The standard InChI is InChI=1S/C11H12O4/c1-2-3-4-11(14)15-10-7-8(12)5-6-9(10)13/h5-7H,2-4H2,1H3. The van der Waals surface area contributed by atoms with E-state index in [0.717, 1.165) is 24.6 Å². The van der Waals surface area contributed by atoms with Crippen molar-refractivity contribution in [3.63, 3.8) is 0 Å². The van der Waals surface area contributed by atoms with Crippen molar-refractivity contribution in [1.29, 1.82) is 0 Å². The lowest BCUT2D eigenvalue weighted by Gasteiger charge is -2.07. The zero-order valence-electron chi connectivity index (χ0n) is 8.49. The van der Waals surface area contributed by atoms with Gasteiger partial charge in [-0.05, 0) is 18.6 Å².